The SMILES string of the molecule is Nc1[nH]ncc1-c1nc2[nH]c(=O)[nH]c(=O)c2[nH]1. The highest BCUT2D eigenvalue weighted by molar-refractivity contribution is 5.77. The lowest BCUT2D eigenvalue weighted by molar-refractivity contribution is 1.07. The van der Waals surface area contributed by atoms with Gasteiger partial charge in [0, 0.05) is 0 Å². The highest BCUT2D eigenvalue weighted by Gasteiger charge is 2.12. The second-order valence-corrected chi connectivity index (χ2v) is 3.41. The minimum absolute atomic E-state index is 0.175. The van der Waals surface area contributed by atoms with Gasteiger partial charge in [0.25, 0.3) is 5.56 Å². The Labute approximate surface area is 92.1 Å². The van der Waals surface area contributed by atoms with Crippen molar-refractivity contribution >= 4 is 17.0 Å². The number of rotatable bonds is 1. The van der Waals surface area contributed by atoms with Crippen molar-refractivity contribution in [2.75, 3.05) is 5.73 Å². The molecule has 0 unspecified atom stereocenters. The summed E-state index contributed by atoms with van der Waals surface area (Å²) in [6.45, 7) is 0. The molecule has 0 radical (unpaired) electrons. The molecule has 0 spiro atoms. The molecule has 0 saturated heterocycles. The molecule has 9 nitrogen and oxygen atoms in total. The van der Waals surface area contributed by atoms with E-state index in [1.54, 1.807) is 0 Å². The van der Waals surface area contributed by atoms with Crippen molar-refractivity contribution < 1.29 is 0 Å². The van der Waals surface area contributed by atoms with Crippen LogP contribution in [0.25, 0.3) is 22.6 Å². The molecule has 0 atom stereocenters. The Morgan fingerprint density at radius 1 is 1.18 bits per heavy atom. The zero-order valence-corrected chi connectivity index (χ0v) is 8.37. The summed E-state index contributed by atoms with van der Waals surface area (Å²) in [5, 5.41) is 6.29. The molecular formula is C8H7N7O2. The molecule has 3 aromatic rings. The molecule has 0 fully saturated rings. The van der Waals surface area contributed by atoms with E-state index in [1.165, 1.54) is 6.20 Å². The molecular weight excluding hydrogens is 226 g/mol. The number of aromatic amines is 4. The quantitative estimate of drug-likeness (QED) is 0.362. The first-order valence-corrected chi connectivity index (χ1v) is 4.66. The van der Waals surface area contributed by atoms with E-state index >= 15 is 0 Å². The molecule has 0 aliphatic rings. The van der Waals surface area contributed by atoms with Crippen molar-refractivity contribution in [2.45, 2.75) is 0 Å². The fourth-order valence-corrected chi connectivity index (χ4v) is 1.54. The van der Waals surface area contributed by atoms with E-state index in [0.717, 1.165) is 0 Å². The second-order valence-electron chi connectivity index (χ2n) is 3.41. The van der Waals surface area contributed by atoms with Crippen molar-refractivity contribution in [1.29, 1.82) is 0 Å². The van der Waals surface area contributed by atoms with Crippen LogP contribution in [-0.2, 0) is 0 Å². The van der Waals surface area contributed by atoms with Crippen LogP contribution in [0.1, 0.15) is 0 Å². The van der Waals surface area contributed by atoms with Crippen LogP contribution < -0.4 is 17.0 Å². The first kappa shape index (κ1) is 9.39. The molecule has 0 amide bonds. The number of imidazole rings is 1. The summed E-state index contributed by atoms with van der Waals surface area (Å²) in [5.41, 5.74) is 5.36. The number of nitrogens with one attached hydrogen (secondary N) is 4. The third-order valence-corrected chi connectivity index (χ3v) is 2.31. The van der Waals surface area contributed by atoms with E-state index < -0.39 is 11.2 Å². The molecule has 3 rings (SSSR count). The first-order chi connectivity index (χ1) is 8.15. The lowest BCUT2D eigenvalue weighted by Crippen LogP contribution is -2.21. The van der Waals surface area contributed by atoms with Gasteiger partial charge in [-0.15, -0.1) is 0 Å². The van der Waals surface area contributed by atoms with Crippen LogP contribution in [0.2, 0.25) is 0 Å². The van der Waals surface area contributed by atoms with Gasteiger partial charge in [-0.1, -0.05) is 0 Å². The Hall–Kier alpha value is -2.84. The van der Waals surface area contributed by atoms with Gasteiger partial charge in [0.2, 0.25) is 0 Å². The maximum atomic E-state index is 11.5. The van der Waals surface area contributed by atoms with Crippen molar-refractivity contribution in [3.05, 3.63) is 27.0 Å². The molecule has 86 valence electrons. The average Bonchev–Trinajstić information content (AvgIpc) is 2.83. The number of hydrogen-bond donors (Lipinski definition) is 5. The Balaban J connectivity index is 2.35. The Kier molecular flexibility index (Phi) is 1.70. The third kappa shape index (κ3) is 1.33. The third-order valence-electron chi connectivity index (χ3n) is 2.31. The maximum Gasteiger partial charge on any atom is 0.327 e. The van der Waals surface area contributed by atoms with Crippen molar-refractivity contribution in [3.8, 4) is 11.4 Å². The average molecular weight is 233 g/mol. The predicted octanol–water partition coefficient (Wildman–Crippen LogP) is -1.09. The molecule has 0 bridgehead atoms. The summed E-state index contributed by atoms with van der Waals surface area (Å²) < 4.78 is 0. The lowest BCUT2D eigenvalue weighted by atomic mass is 10.3. The summed E-state index contributed by atoms with van der Waals surface area (Å²) in [7, 11) is 0. The van der Waals surface area contributed by atoms with Gasteiger partial charge in [0.15, 0.2) is 5.65 Å². The zero-order valence-electron chi connectivity index (χ0n) is 8.37. The fraction of sp³-hybridized carbons (Fsp3) is 0. The Morgan fingerprint density at radius 3 is 2.71 bits per heavy atom. The fourth-order valence-electron chi connectivity index (χ4n) is 1.54. The minimum atomic E-state index is -0.610. The first-order valence-electron chi connectivity index (χ1n) is 4.66. The van der Waals surface area contributed by atoms with Crippen molar-refractivity contribution in [2.24, 2.45) is 0 Å². The van der Waals surface area contributed by atoms with Gasteiger partial charge in [-0.25, -0.2) is 9.78 Å². The van der Waals surface area contributed by atoms with Gasteiger partial charge >= 0.3 is 5.69 Å². The Morgan fingerprint density at radius 2 is 2.00 bits per heavy atom. The number of hydrogen-bond acceptors (Lipinski definition) is 5. The van der Waals surface area contributed by atoms with E-state index in [-0.39, 0.29) is 11.2 Å². The van der Waals surface area contributed by atoms with Gasteiger partial charge < -0.3 is 10.7 Å². The van der Waals surface area contributed by atoms with E-state index in [9.17, 15) is 9.59 Å². The molecule has 3 heterocycles. The second kappa shape index (κ2) is 3.07. The molecule has 3 aromatic heterocycles. The number of fused-ring (bicyclic) bond motifs is 1. The van der Waals surface area contributed by atoms with E-state index in [2.05, 4.69) is 30.1 Å². The maximum absolute atomic E-state index is 11.5. The largest absolute Gasteiger partial charge is 0.383 e. The molecule has 0 aliphatic heterocycles. The van der Waals surface area contributed by atoms with Gasteiger partial charge in [-0.3, -0.25) is 19.9 Å². The minimum Gasteiger partial charge on any atom is -0.383 e. The summed E-state index contributed by atoms with van der Waals surface area (Å²) in [6, 6.07) is 0. The normalized spacial score (nSPS) is 11.1. The highest BCUT2D eigenvalue weighted by atomic mass is 16.2. The number of nitrogens with zero attached hydrogens (tertiary/aromatic N) is 2. The summed E-state index contributed by atoms with van der Waals surface area (Å²) in [5.74, 6) is 0.682. The van der Waals surface area contributed by atoms with Gasteiger partial charge in [0.05, 0.1) is 11.8 Å². The van der Waals surface area contributed by atoms with Crippen LogP contribution in [0.15, 0.2) is 15.8 Å². The van der Waals surface area contributed by atoms with Crippen LogP contribution >= 0.6 is 0 Å². The van der Waals surface area contributed by atoms with Crippen LogP contribution in [-0.4, -0.2) is 30.1 Å². The molecule has 0 aliphatic carbocycles. The lowest BCUT2D eigenvalue weighted by Gasteiger charge is -1.90. The molecule has 0 aromatic carbocycles. The van der Waals surface area contributed by atoms with E-state index in [1.807, 2.05) is 0 Å². The predicted molar refractivity (Wildman–Crippen MR) is 59.3 cm³/mol. The molecule has 0 saturated carbocycles. The number of H-pyrrole nitrogens is 4. The smallest absolute Gasteiger partial charge is 0.327 e. The van der Waals surface area contributed by atoms with Gasteiger partial charge in [0.1, 0.15) is 17.2 Å². The Bertz CT molecular complexity index is 805. The highest BCUT2D eigenvalue weighted by Crippen LogP contribution is 2.20. The standard InChI is InChI=1S/C8H7N7O2/c9-4-2(1-10-15-4)5-11-3-6(12-5)13-8(17)14-7(3)16/h1H,(H3,9,10,15)(H3,11,12,13,14,16,17). The monoisotopic (exact) mass is 233 g/mol. The zero-order chi connectivity index (χ0) is 12.0. The van der Waals surface area contributed by atoms with Crippen LogP contribution in [0.3, 0.4) is 0 Å². The van der Waals surface area contributed by atoms with E-state index in [0.29, 0.717) is 17.2 Å². The van der Waals surface area contributed by atoms with Crippen molar-refractivity contribution in [3.63, 3.8) is 0 Å². The number of nitrogens with two attached hydrogens (primary N) is 1. The molecule has 9 heteroatoms. The van der Waals surface area contributed by atoms with Gasteiger partial charge in [-0.2, -0.15) is 5.10 Å². The van der Waals surface area contributed by atoms with Crippen LogP contribution in [0.4, 0.5) is 5.82 Å². The van der Waals surface area contributed by atoms with Gasteiger partial charge in [-0.05, 0) is 0 Å². The van der Waals surface area contributed by atoms with E-state index in [4.69, 9.17) is 5.73 Å². The summed E-state index contributed by atoms with van der Waals surface area (Å²) in [4.78, 5) is 33.9. The summed E-state index contributed by atoms with van der Waals surface area (Å²) in [6.07, 6.45) is 1.47. The number of nitrogen functional groups attached to an aromatic ring is 1. The number of anilines is 1. The molecule has 6 N–H and O–H groups in total. The van der Waals surface area contributed by atoms with Crippen LogP contribution in [0, 0.1) is 0 Å². The summed E-state index contributed by atoms with van der Waals surface area (Å²) >= 11 is 0. The van der Waals surface area contributed by atoms with Crippen molar-refractivity contribution in [1.82, 2.24) is 30.1 Å². The topological polar surface area (TPSA) is 149 Å². The number of aromatic nitrogens is 6. The van der Waals surface area contributed by atoms with Crippen LogP contribution in [0.5, 0.6) is 0 Å². The molecule has 17 heavy (non-hydrogen) atoms.